The van der Waals surface area contributed by atoms with Crippen LogP contribution in [0, 0.1) is 0 Å². The fourth-order valence-electron chi connectivity index (χ4n) is 4.64. The highest BCUT2D eigenvalue weighted by Crippen LogP contribution is 2.27. The van der Waals surface area contributed by atoms with Gasteiger partial charge in [-0.1, -0.05) is 78.3 Å². The molecular weight excluding hydrogens is 524 g/mol. The molecule has 5 rings (SSSR count). The number of methoxy groups -OCH3 is 1. The van der Waals surface area contributed by atoms with Crippen molar-refractivity contribution in [3.05, 3.63) is 125 Å². The number of amides is 1. The smallest absolute Gasteiger partial charge is 0.328 e. The molecule has 0 spiro atoms. The van der Waals surface area contributed by atoms with Crippen molar-refractivity contribution in [3.63, 3.8) is 0 Å². The van der Waals surface area contributed by atoms with E-state index in [0.717, 1.165) is 38.9 Å². The number of ether oxygens (including phenoxy) is 2. The maximum atomic E-state index is 13.3. The lowest BCUT2D eigenvalue weighted by molar-refractivity contribution is -0.142. The van der Waals surface area contributed by atoms with Gasteiger partial charge < -0.3 is 19.4 Å². The van der Waals surface area contributed by atoms with Gasteiger partial charge in [0.1, 0.15) is 24.1 Å². The van der Waals surface area contributed by atoms with Crippen molar-refractivity contribution in [2.75, 3.05) is 7.11 Å². The second-order valence-corrected chi connectivity index (χ2v) is 9.98. The summed E-state index contributed by atoms with van der Waals surface area (Å²) in [6.45, 7) is 0.466. The number of carbonyl (C=O) groups is 2. The third kappa shape index (κ3) is 6.19. The highest BCUT2D eigenvalue weighted by Gasteiger charge is 2.24. The largest absolute Gasteiger partial charge is 0.489 e. The Bertz CT molecular complexity index is 1630. The number of aryl methyl sites for hydroxylation is 1. The van der Waals surface area contributed by atoms with Crippen LogP contribution in [0.4, 0.5) is 0 Å². The van der Waals surface area contributed by atoms with Gasteiger partial charge in [-0.3, -0.25) is 4.79 Å². The van der Waals surface area contributed by atoms with Crippen molar-refractivity contribution >= 4 is 34.4 Å². The van der Waals surface area contributed by atoms with Gasteiger partial charge in [-0.05, 0) is 58.7 Å². The average Bonchev–Trinajstić information content (AvgIpc) is 3.32. The summed E-state index contributed by atoms with van der Waals surface area (Å²) in [7, 11) is 3.15. The predicted octanol–water partition coefficient (Wildman–Crippen LogP) is 6.59. The van der Waals surface area contributed by atoms with Crippen LogP contribution in [0.5, 0.6) is 5.75 Å². The molecule has 5 aromatic rings. The summed E-state index contributed by atoms with van der Waals surface area (Å²) in [5.74, 6) is -0.147. The number of halogens is 1. The molecule has 4 aromatic carbocycles. The summed E-state index contributed by atoms with van der Waals surface area (Å²) >= 11 is 6.04. The highest BCUT2D eigenvalue weighted by atomic mass is 35.5. The molecule has 0 fully saturated rings. The van der Waals surface area contributed by atoms with E-state index >= 15 is 0 Å². The molecule has 0 bridgehead atoms. The molecule has 6 nitrogen and oxygen atoms in total. The zero-order valence-electron chi connectivity index (χ0n) is 22.3. The van der Waals surface area contributed by atoms with Crippen molar-refractivity contribution in [3.8, 4) is 16.9 Å². The number of rotatable bonds is 9. The molecule has 0 aliphatic carbocycles. The number of nitrogens with one attached hydrogen (secondary N) is 1. The number of nitrogens with zero attached hydrogens (tertiary/aromatic N) is 1. The lowest BCUT2D eigenvalue weighted by Gasteiger charge is -2.17. The second kappa shape index (κ2) is 12.1. The van der Waals surface area contributed by atoms with Crippen LogP contribution in [-0.4, -0.2) is 29.6 Å². The molecule has 1 aromatic heterocycles. The Balaban J connectivity index is 1.29. The van der Waals surface area contributed by atoms with Crippen LogP contribution in [0.2, 0.25) is 5.02 Å². The monoisotopic (exact) mass is 552 g/mol. The Morgan fingerprint density at radius 1 is 0.850 bits per heavy atom. The van der Waals surface area contributed by atoms with Gasteiger partial charge in [0, 0.05) is 29.4 Å². The van der Waals surface area contributed by atoms with Crippen molar-refractivity contribution < 1.29 is 19.1 Å². The van der Waals surface area contributed by atoms with Gasteiger partial charge >= 0.3 is 5.97 Å². The Kier molecular flexibility index (Phi) is 8.18. The summed E-state index contributed by atoms with van der Waals surface area (Å²) in [4.78, 5) is 26.0. The van der Waals surface area contributed by atoms with E-state index < -0.39 is 12.0 Å². The van der Waals surface area contributed by atoms with E-state index in [1.165, 1.54) is 7.11 Å². The van der Waals surface area contributed by atoms with Crippen LogP contribution in [0.25, 0.3) is 22.0 Å². The molecule has 7 heteroatoms. The highest BCUT2D eigenvalue weighted by molar-refractivity contribution is 6.30. The van der Waals surface area contributed by atoms with Crippen molar-refractivity contribution in [2.24, 2.45) is 7.05 Å². The van der Waals surface area contributed by atoms with Crippen molar-refractivity contribution in [1.29, 1.82) is 0 Å². The third-order valence-corrected chi connectivity index (χ3v) is 7.11. The van der Waals surface area contributed by atoms with Gasteiger partial charge in [0.15, 0.2) is 0 Å². The molecule has 0 saturated carbocycles. The van der Waals surface area contributed by atoms with Crippen LogP contribution >= 0.6 is 11.6 Å². The Morgan fingerprint density at radius 3 is 2.25 bits per heavy atom. The molecule has 1 atom stereocenters. The topological polar surface area (TPSA) is 69.6 Å². The number of benzene rings is 4. The van der Waals surface area contributed by atoms with E-state index in [1.54, 1.807) is 0 Å². The minimum Gasteiger partial charge on any atom is -0.489 e. The van der Waals surface area contributed by atoms with Crippen LogP contribution < -0.4 is 10.1 Å². The quantitative estimate of drug-likeness (QED) is 0.209. The molecule has 0 aliphatic heterocycles. The number of hydrogen-bond acceptors (Lipinski definition) is 4. The lowest BCUT2D eigenvalue weighted by Crippen LogP contribution is -2.43. The minimum atomic E-state index is -0.851. The first-order valence-corrected chi connectivity index (χ1v) is 13.3. The van der Waals surface area contributed by atoms with Gasteiger partial charge in [-0.15, -0.1) is 0 Å². The Labute approximate surface area is 238 Å². The molecule has 40 heavy (non-hydrogen) atoms. The van der Waals surface area contributed by atoms with E-state index in [2.05, 4.69) is 5.32 Å². The SMILES string of the molecule is COC(=O)[C@H](Cc1ccc(OCc2ccccc2)cc1)NC(=O)c1cc2ccc(-c3ccc(Cl)cc3)cc2n1C. The number of esters is 1. The maximum absolute atomic E-state index is 13.3. The summed E-state index contributed by atoms with van der Waals surface area (Å²) < 4.78 is 12.7. The third-order valence-electron chi connectivity index (χ3n) is 6.86. The summed E-state index contributed by atoms with van der Waals surface area (Å²) in [6.07, 6.45) is 0.280. The summed E-state index contributed by atoms with van der Waals surface area (Å²) in [5, 5.41) is 4.47. The number of carbonyl (C=O) groups excluding carboxylic acids is 2. The van der Waals surface area contributed by atoms with E-state index in [9.17, 15) is 9.59 Å². The van der Waals surface area contributed by atoms with Crippen molar-refractivity contribution in [1.82, 2.24) is 9.88 Å². The average molecular weight is 553 g/mol. The first-order valence-electron chi connectivity index (χ1n) is 12.9. The number of aromatic nitrogens is 1. The van der Waals surface area contributed by atoms with E-state index in [4.69, 9.17) is 21.1 Å². The van der Waals surface area contributed by atoms with Crippen LogP contribution in [0.15, 0.2) is 103 Å². The Hall–Kier alpha value is -4.55. The number of hydrogen-bond donors (Lipinski definition) is 1. The fraction of sp³-hybridized carbons (Fsp3) is 0.152. The molecule has 202 valence electrons. The van der Waals surface area contributed by atoms with E-state index in [1.807, 2.05) is 115 Å². The van der Waals surface area contributed by atoms with E-state index in [0.29, 0.717) is 17.3 Å². The molecule has 0 aliphatic rings. The van der Waals surface area contributed by atoms with E-state index in [-0.39, 0.29) is 12.3 Å². The number of fused-ring (bicyclic) bond motifs is 1. The van der Waals surface area contributed by atoms with Gasteiger partial charge in [0.25, 0.3) is 5.91 Å². The molecule has 0 radical (unpaired) electrons. The molecule has 1 amide bonds. The van der Waals surface area contributed by atoms with Gasteiger partial charge in [0.2, 0.25) is 0 Å². The van der Waals surface area contributed by atoms with Gasteiger partial charge in [-0.25, -0.2) is 4.79 Å². The lowest BCUT2D eigenvalue weighted by atomic mass is 10.0. The molecule has 1 heterocycles. The van der Waals surface area contributed by atoms with Crippen LogP contribution in [0.1, 0.15) is 21.6 Å². The Morgan fingerprint density at radius 2 is 1.55 bits per heavy atom. The molecule has 0 saturated heterocycles. The van der Waals surface area contributed by atoms with Gasteiger partial charge in [-0.2, -0.15) is 0 Å². The minimum absolute atomic E-state index is 0.280. The molecule has 0 unspecified atom stereocenters. The normalized spacial score (nSPS) is 11.7. The second-order valence-electron chi connectivity index (χ2n) is 9.54. The zero-order valence-corrected chi connectivity index (χ0v) is 23.0. The van der Waals surface area contributed by atoms with Crippen molar-refractivity contribution in [2.45, 2.75) is 19.1 Å². The molecular formula is C33H29ClN2O4. The molecule has 1 N–H and O–H groups in total. The first-order chi connectivity index (χ1) is 19.4. The fourth-order valence-corrected chi connectivity index (χ4v) is 4.76. The summed E-state index contributed by atoms with van der Waals surface area (Å²) in [5.41, 5.74) is 5.34. The first kappa shape index (κ1) is 27.0. The predicted molar refractivity (Wildman–Crippen MR) is 158 cm³/mol. The van der Waals surface area contributed by atoms with Gasteiger partial charge in [0.05, 0.1) is 7.11 Å². The van der Waals surface area contributed by atoms with Crippen LogP contribution in [0.3, 0.4) is 0 Å². The maximum Gasteiger partial charge on any atom is 0.328 e. The van der Waals surface area contributed by atoms with Crippen LogP contribution in [-0.2, 0) is 29.6 Å². The summed E-state index contributed by atoms with van der Waals surface area (Å²) in [6, 6.07) is 32.0. The standard InChI is InChI=1S/C33H29ClN2O4/c1-36-30-19-25(24-12-14-27(34)15-13-24)10-11-26(30)20-31(36)32(37)35-29(33(38)39-2)18-22-8-16-28(17-9-22)40-21-23-6-4-3-5-7-23/h3-17,19-20,29H,18,21H2,1-2H3,(H,35,37)/t29-/m0/s1. The zero-order chi connectivity index (χ0) is 28.1.